The van der Waals surface area contributed by atoms with Crippen molar-refractivity contribution in [1.82, 2.24) is 0 Å². The van der Waals surface area contributed by atoms with Crippen molar-refractivity contribution in [2.45, 2.75) is 72.1 Å². The average molecular weight is 248 g/mol. The van der Waals surface area contributed by atoms with Crippen LogP contribution in [0.2, 0.25) is 0 Å². The molecular formula is C13H28O4. The first-order chi connectivity index (χ1) is 8.06. The molecule has 0 unspecified atom stereocenters. The van der Waals surface area contributed by atoms with Crippen LogP contribution in [0.15, 0.2) is 0 Å². The predicted molar refractivity (Wildman–Crippen MR) is 67.1 cm³/mol. The standard InChI is InChI=1S/C13H28O4/c1-13(2,3)11-9-7-5-4-6-8-10-12-15-17-16-14/h14H,4-12H2,1-3H3. The van der Waals surface area contributed by atoms with E-state index in [0.717, 1.165) is 12.8 Å². The lowest BCUT2D eigenvalue weighted by Gasteiger charge is -2.17. The van der Waals surface area contributed by atoms with E-state index in [9.17, 15) is 0 Å². The van der Waals surface area contributed by atoms with Crippen LogP contribution in [0, 0.1) is 5.41 Å². The van der Waals surface area contributed by atoms with Crippen molar-refractivity contribution in [1.29, 1.82) is 0 Å². The third-order valence-corrected chi connectivity index (χ3v) is 2.73. The number of unbranched alkanes of at least 4 members (excludes halogenated alkanes) is 6. The minimum absolute atomic E-state index is 0.463. The molecule has 0 aliphatic heterocycles. The summed E-state index contributed by atoms with van der Waals surface area (Å²) in [6, 6.07) is 0. The first-order valence-electron chi connectivity index (χ1n) is 6.66. The quantitative estimate of drug-likeness (QED) is 0.332. The van der Waals surface area contributed by atoms with Crippen molar-refractivity contribution >= 4 is 0 Å². The van der Waals surface area contributed by atoms with Gasteiger partial charge in [-0.1, -0.05) is 59.3 Å². The third kappa shape index (κ3) is 15.8. The van der Waals surface area contributed by atoms with Gasteiger partial charge in [0, 0.05) is 0 Å². The molecule has 0 radical (unpaired) electrons. The summed E-state index contributed by atoms with van der Waals surface area (Å²) in [5, 5.41) is 15.0. The van der Waals surface area contributed by atoms with Crippen LogP contribution in [0.3, 0.4) is 0 Å². The van der Waals surface area contributed by atoms with Crippen molar-refractivity contribution in [3.63, 3.8) is 0 Å². The highest BCUT2D eigenvalue weighted by Crippen LogP contribution is 2.22. The van der Waals surface area contributed by atoms with Gasteiger partial charge in [0.1, 0.15) is 0 Å². The van der Waals surface area contributed by atoms with Crippen LogP contribution < -0.4 is 0 Å². The molecule has 0 spiro atoms. The molecule has 17 heavy (non-hydrogen) atoms. The van der Waals surface area contributed by atoms with Gasteiger partial charge < -0.3 is 0 Å². The Balaban J connectivity index is 2.99. The van der Waals surface area contributed by atoms with E-state index in [1.54, 1.807) is 0 Å². The second kappa shape index (κ2) is 11.0. The summed E-state index contributed by atoms with van der Waals surface area (Å²) < 4.78 is 0. The van der Waals surface area contributed by atoms with Crippen molar-refractivity contribution in [3.8, 4) is 0 Å². The Hall–Kier alpha value is -0.160. The van der Waals surface area contributed by atoms with Gasteiger partial charge in [-0.3, -0.25) is 0 Å². The Kier molecular flexibility index (Phi) is 10.9. The Labute approximate surface area is 105 Å². The van der Waals surface area contributed by atoms with E-state index in [2.05, 4.69) is 35.7 Å². The second-order valence-corrected chi connectivity index (χ2v) is 5.75. The van der Waals surface area contributed by atoms with E-state index >= 15 is 0 Å². The van der Waals surface area contributed by atoms with Crippen LogP contribution in [-0.2, 0) is 15.0 Å². The molecule has 4 heteroatoms. The fourth-order valence-corrected chi connectivity index (χ4v) is 1.76. The van der Waals surface area contributed by atoms with Crippen LogP contribution in [0.1, 0.15) is 72.1 Å². The zero-order valence-corrected chi connectivity index (χ0v) is 11.5. The van der Waals surface area contributed by atoms with Crippen LogP contribution in [0.25, 0.3) is 0 Å². The molecule has 0 saturated carbocycles. The molecule has 1 N–H and O–H groups in total. The summed E-state index contributed by atoms with van der Waals surface area (Å²) in [4.78, 5) is 4.49. The topological polar surface area (TPSA) is 47.9 Å². The lowest BCUT2D eigenvalue weighted by atomic mass is 9.89. The fraction of sp³-hybridized carbons (Fsp3) is 1.00. The molecule has 0 amide bonds. The van der Waals surface area contributed by atoms with Gasteiger partial charge in [0.2, 0.25) is 0 Å². The fourth-order valence-electron chi connectivity index (χ4n) is 1.76. The van der Waals surface area contributed by atoms with Gasteiger partial charge in [0.15, 0.2) is 0 Å². The zero-order chi connectivity index (χ0) is 13.0. The highest BCUT2D eigenvalue weighted by molar-refractivity contribution is 4.60. The zero-order valence-electron chi connectivity index (χ0n) is 11.5. The molecule has 0 heterocycles. The Morgan fingerprint density at radius 1 is 0.824 bits per heavy atom. The van der Waals surface area contributed by atoms with Gasteiger partial charge in [-0.2, -0.15) is 0 Å². The summed E-state index contributed by atoms with van der Waals surface area (Å²) in [5.41, 5.74) is 0.478. The van der Waals surface area contributed by atoms with E-state index in [-0.39, 0.29) is 0 Å². The highest BCUT2D eigenvalue weighted by Gasteiger charge is 2.08. The van der Waals surface area contributed by atoms with Gasteiger partial charge in [-0.25, -0.2) is 10.1 Å². The first-order valence-corrected chi connectivity index (χ1v) is 6.66. The largest absolute Gasteiger partial charge is 0.219 e. The van der Waals surface area contributed by atoms with Gasteiger partial charge >= 0.3 is 0 Å². The maximum atomic E-state index is 7.80. The minimum atomic E-state index is 0.463. The molecule has 0 rings (SSSR count). The maximum Gasteiger partial charge on any atom is 0.0854 e. The van der Waals surface area contributed by atoms with E-state index in [1.165, 1.54) is 38.5 Å². The molecule has 104 valence electrons. The lowest BCUT2D eigenvalue weighted by Crippen LogP contribution is -2.03. The van der Waals surface area contributed by atoms with Gasteiger partial charge in [-0.15, -0.1) is 0 Å². The predicted octanol–water partition coefficient (Wildman–Crippen LogP) is 4.51. The molecule has 0 aliphatic rings. The van der Waals surface area contributed by atoms with Crippen molar-refractivity contribution in [2.24, 2.45) is 5.41 Å². The molecule has 0 atom stereocenters. The van der Waals surface area contributed by atoms with E-state index < -0.39 is 0 Å². The molecule has 0 saturated heterocycles. The molecule has 0 aromatic rings. The van der Waals surface area contributed by atoms with Crippen LogP contribution in [0.5, 0.6) is 0 Å². The molecule has 0 bridgehead atoms. The Morgan fingerprint density at radius 3 is 1.88 bits per heavy atom. The molecule has 0 aliphatic carbocycles. The smallest absolute Gasteiger partial charge is 0.0854 e. The lowest BCUT2D eigenvalue weighted by molar-refractivity contribution is -0.623. The Bertz CT molecular complexity index is 154. The summed E-state index contributed by atoms with van der Waals surface area (Å²) in [7, 11) is 0. The van der Waals surface area contributed by atoms with E-state index in [0.29, 0.717) is 12.0 Å². The maximum absolute atomic E-state index is 7.80. The van der Waals surface area contributed by atoms with Gasteiger partial charge in [-0.05, 0) is 28.3 Å². The highest BCUT2D eigenvalue weighted by atomic mass is 17.6. The summed E-state index contributed by atoms with van der Waals surface area (Å²) in [6.45, 7) is 7.35. The summed E-state index contributed by atoms with van der Waals surface area (Å²) in [5.74, 6) is 0. The molecule has 4 nitrogen and oxygen atoms in total. The first kappa shape index (κ1) is 16.8. The number of hydrogen-bond acceptors (Lipinski definition) is 4. The summed E-state index contributed by atoms with van der Waals surface area (Å²) in [6.07, 6.45) is 9.93. The monoisotopic (exact) mass is 248 g/mol. The molecule has 0 aromatic heterocycles. The van der Waals surface area contributed by atoms with Gasteiger partial charge in [0.05, 0.1) is 6.61 Å². The van der Waals surface area contributed by atoms with Crippen molar-refractivity contribution in [2.75, 3.05) is 6.61 Å². The third-order valence-electron chi connectivity index (χ3n) is 2.73. The Morgan fingerprint density at radius 2 is 1.35 bits per heavy atom. The van der Waals surface area contributed by atoms with Gasteiger partial charge in [0.25, 0.3) is 0 Å². The molecule has 0 fully saturated rings. The second-order valence-electron chi connectivity index (χ2n) is 5.75. The molecular weight excluding hydrogens is 220 g/mol. The van der Waals surface area contributed by atoms with Crippen LogP contribution in [0.4, 0.5) is 0 Å². The number of hydrogen-bond donors (Lipinski definition) is 1. The minimum Gasteiger partial charge on any atom is -0.219 e. The van der Waals surface area contributed by atoms with E-state index in [4.69, 9.17) is 5.26 Å². The van der Waals surface area contributed by atoms with E-state index in [1.807, 2.05) is 0 Å². The average Bonchev–Trinajstić information content (AvgIpc) is 2.24. The molecule has 0 aromatic carbocycles. The van der Waals surface area contributed by atoms with Crippen molar-refractivity contribution < 1.29 is 20.2 Å². The SMILES string of the molecule is CC(C)(C)CCCCCCCCCOOOO. The van der Waals surface area contributed by atoms with Crippen LogP contribution in [-0.4, -0.2) is 11.9 Å². The van der Waals surface area contributed by atoms with Crippen molar-refractivity contribution in [3.05, 3.63) is 0 Å². The number of rotatable bonds is 11. The summed E-state index contributed by atoms with van der Waals surface area (Å²) >= 11 is 0. The van der Waals surface area contributed by atoms with Crippen LogP contribution >= 0.6 is 0 Å². The normalized spacial score (nSPS) is 12.0.